The second kappa shape index (κ2) is 5.38. The number of pyridine rings is 1. The summed E-state index contributed by atoms with van der Waals surface area (Å²) in [6, 6.07) is 3.65. The van der Waals surface area contributed by atoms with Gasteiger partial charge in [0.15, 0.2) is 0 Å². The standard InChI is InChI=1S/C14H21N3O/c1-9-3-5-12(10(2)7-9)17-14(18)11-4-6-13(15)16-8-11/h4,6,8-10,12H,3,5,7H2,1-2H3,(H2,15,16)(H,17,18). The maximum atomic E-state index is 12.1. The Kier molecular flexibility index (Phi) is 3.84. The molecule has 0 bridgehead atoms. The van der Waals surface area contributed by atoms with E-state index in [4.69, 9.17) is 5.73 Å². The summed E-state index contributed by atoms with van der Waals surface area (Å²) in [5.74, 6) is 1.70. The van der Waals surface area contributed by atoms with Crippen LogP contribution in [0.4, 0.5) is 5.82 Å². The third kappa shape index (κ3) is 3.00. The Hall–Kier alpha value is -1.58. The zero-order valence-electron chi connectivity index (χ0n) is 11.0. The molecule has 3 N–H and O–H groups in total. The summed E-state index contributed by atoms with van der Waals surface area (Å²) in [5, 5.41) is 3.11. The largest absolute Gasteiger partial charge is 0.384 e. The maximum absolute atomic E-state index is 12.1. The molecule has 1 saturated carbocycles. The molecule has 2 rings (SSSR count). The van der Waals surface area contributed by atoms with Crippen molar-refractivity contribution >= 4 is 11.7 Å². The number of aromatic nitrogens is 1. The minimum absolute atomic E-state index is 0.0473. The number of nitrogens with two attached hydrogens (primary N) is 1. The van der Waals surface area contributed by atoms with Crippen LogP contribution in [0.2, 0.25) is 0 Å². The molecule has 18 heavy (non-hydrogen) atoms. The number of hydrogen-bond donors (Lipinski definition) is 2. The molecular formula is C14H21N3O. The molecule has 1 aliphatic carbocycles. The third-order valence-corrected chi connectivity index (χ3v) is 3.80. The van der Waals surface area contributed by atoms with Gasteiger partial charge in [0.05, 0.1) is 5.56 Å². The van der Waals surface area contributed by atoms with Crippen LogP contribution in [-0.2, 0) is 0 Å². The molecule has 1 aromatic rings. The number of rotatable bonds is 2. The fourth-order valence-corrected chi connectivity index (χ4v) is 2.67. The highest BCUT2D eigenvalue weighted by atomic mass is 16.1. The first-order chi connectivity index (χ1) is 8.56. The summed E-state index contributed by atoms with van der Waals surface area (Å²) in [7, 11) is 0. The van der Waals surface area contributed by atoms with Gasteiger partial charge in [0.2, 0.25) is 0 Å². The highest BCUT2D eigenvalue weighted by Gasteiger charge is 2.26. The van der Waals surface area contributed by atoms with Crippen molar-refractivity contribution in [3.8, 4) is 0 Å². The second-order valence-electron chi connectivity index (χ2n) is 5.45. The molecule has 3 unspecified atom stereocenters. The summed E-state index contributed by atoms with van der Waals surface area (Å²) >= 11 is 0. The quantitative estimate of drug-likeness (QED) is 0.842. The van der Waals surface area contributed by atoms with Gasteiger partial charge in [-0.05, 0) is 43.2 Å². The van der Waals surface area contributed by atoms with E-state index in [1.54, 1.807) is 12.1 Å². The molecule has 1 aliphatic rings. The Balaban J connectivity index is 1.97. The van der Waals surface area contributed by atoms with Crippen LogP contribution in [0.1, 0.15) is 43.5 Å². The summed E-state index contributed by atoms with van der Waals surface area (Å²) in [6.45, 7) is 4.49. The van der Waals surface area contributed by atoms with Crippen LogP contribution in [0.5, 0.6) is 0 Å². The van der Waals surface area contributed by atoms with Gasteiger partial charge in [-0.2, -0.15) is 0 Å². The molecule has 0 saturated heterocycles. The van der Waals surface area contributed by atoms with Crippen LogP contribution >= 0.6 is 0 Å². The molecule has 1 amide bonds. The molecule has 3 atom stereocenters. The summed E-state index contributed by atoms with van der Waals surface area (Å²) in [6.07, 6.45) is 4.97. The first-order valence-electron chi connectivity index (χ1n) is 6.58. The smallest absolute Gasteiger partial charge is 0.253 e. The van der Waals surface area contributed by atoms with Crippen LogP contribution < -0.4 is 11.1 Å². The molecule has 1 fully saturated rings. The Bertz CT molecular complexity index is 416. The van der Waals surface area contributed by atoms with E-state index in [2.05, 4.69) is 24.1 Å². The molecule has 0 aliphatic heterocycles. The lowest BCUT2D eigenvalue weighted by Gasteiger charge is -2.33. The van der Waals surface area contributed by atoms with Crippen LogP contribution in [0.15, 0.2) is 18.3 Å². The van der Waals surface area contributed by atoms with Crippen molar-refractivity contribution < 1.29 is 4.79 Å². The third-order valence-electron chi connectivity index (χ3n) is 3.80. The Morgan fingerprint density at radius 3 is 2.78 bits per heavy atom. The minimum Gasteiger partial charge on any atom is -0.384 e. The van der Waals surface area contributed by atoms with Crippen molar-refractivity contribution in [2.45, 2.75) is 39.2 Å². The highest BCUT2D eigenvalue weighted by Crippen LogP contribution is 2.28. The molecule has 1 aromatic heterocycles. The minimum atomic E-state index is -0.0473. The lowest BCUT2D eigenvalue weighted by atomic mass is 9.80. The van der Waals surface area contributed by atoms with E-state index >= 15 is 0 Å². The lowest BCUT2D eigenvalue weighted by molar-refractivity contribution is 0.0899. The number of carbonyl (C=O) groups excluding carboxylic acids is 1. The van der Waals surface area contributed by atoms with Gasteiger partial charge in [0, 0.05) is 12.2 Å². The summed E-state index contributed by atoms with van der Waals surface area (Å²) in [4.78, 5) is 16.0. The second-order valence-corrected chi connectivity index (χ2v) is 5.45. The van der Waals surface area contributed by atoms with E-state index in [0.29, 0.717) is 17.3 Å². The van der Waals surface area contributed by atoms with Gasteiger partial charge in [0.1, 0.15) is 5.82 Å². The van der Waals surface area contributed by atoms with Crippen molar-refractivity contribution in [1.29, 1.82) is 0 Å². The molecule has 0 radical (unpaired) electrons. The molecule has 4 nitrogen and oxygen atoms in total. The number of nitrogen functional groups attached to an aromatic ring is 1. The van der Waals surface area contributed by atoms with Crippen molar-refractivity contribution in [3.05, 3.63) is 23.9 Å². The van der Waals surface area contributed by atoms with Crippen molar-refractivity contribution in [3.63, 3.8) is 0 Å². The summed E-state index contributed by atoms with van der Waals surface area (Å²) < 4.78 is 0. The fourth-order valence-electron chi connectivity index (χ4n) is 2.67. The average molecular weight is 247 g/mol. The Morgan fingerprint density at radius 2 is 2.17 bits per heavy atom. The highest BCUT2D eigenvalue weighted by molar-refractivity contribution is 5.94. The zero-order chi connectivity index (χ0) is 13.1. The number of nitrogens with one attached hydrogen (secondary N) is 1. The number of anilines is 1. The van der Waals surface area contributed by atoms with E-state index in [0.717, 1.165) is 12.3 Å². The van der Waals surface area contributed by atoms with E-state index in [9.17, 15) is 4.79 Å². The van der Waals surface area contributed by atoms with Crippen molar-refractivity contribution in [2.75, 3.05) is 5.73 Å². The predicted molar refractivity (Wildman–Crippen MR) is 72.1 cm³/mol. The fraction of sp³-hybridized carbons (Fsp3) is 0.571. The zero-order valence-corrected chi connectivity index (χ0v) is 11.0. The van der Waals surface area contributed by atoms with Gasteiger partial charge < -0.3 is 11.1 Å². The number of carbonyl (C=O) groups is 1. The normalized spacial score (nSPS) is 27.8. The van der Waals surface area contributed by atoms with E-state index in [1.807, 2.05) is 0 Å². The average Bonchev–Trinajstić information content (AvgIpc) is 2.33. The van der Waals surface area contributed by atoms with Crippen LogP contribution in [0.25, 0.3) is 0 Å². The van der Waals surface area contributed by atoms with Crippen LogP contribution in [0.3, 0.4) is 0 Å². The SMILES string of the molecule is CC1CCC(NC(=O)c2ccc(N)nc2)C(C)C1. The molecule has 4 heteroatoms. The van der Waals surface area contributed by atoms with Gasteiger partial charge >= 0.3 is 0 Å². The van der Waals surface area contributed by atoms with Gasteiger partial charge in [-0.3, -0.25) is 4.79 Å². The van der Waals surface area contributed by atoms with Gasteiger partial charge in [-0.25, -0.2) is 4.98 Å². The van der Waals surface area contributed by atoms with Gasteiger partial charge in [0.25, 0.3) is 5.91 Å². The Labute approximate surface area is 108 Å². The van der Waals surface area contributed by atoms with Crippen molar-refractivity contribution in [1.82, 2.24) is 10.3 Å². The first kappa shape index (κ1) is 12.9. The molecule has 0 aromatic carbocycles. The van der Waals surface area contributed by atoms with Crippen LogP contribution in [0, 0.1) is 11.8 Å². The summed E-state index contributed by atoms with van der Waals surface area (Å²) in [5.41, 5.74) is 6.08. The predicted octanol–water partition coefficient (Wildman–Crippen LogP) is 2.22. The van der Waals surface area contributed by atoms with E-state index < -0.39 is 0 Å². The Morgan fingerprint density at radius 1 is 1.39 bits per heavy atom. The van der Waals surface area contributed by atoms with Gasteiger partial charge in [-0.15, -0.1) is 0 Å². The van der Waals surface area contributed by atoms with E-state index in [-0.39, 0.29) is 11.9 Å². The number of amides is 1. The van der Waals surface area contributed by atoms with Crippen LogP contribution in [-0.4, -0.2) is 16.9 Å². The topological polar surface area (TPSA) is 68.0 Å². The van der Waals surface area contributed by atoms with E-state index in [1.165, 1.54) is 19.0 Å². The number of nitrogens with zero attached hydrogens (tertiary/aromatic N) is 1. The first-order valence-corrected chi connectivity index (χ1v) is 6.58. The molecule has 1 heterocycles. The number of hydrogen-bond acceptors (Lipinski definition) is 3. The van der Waals surface area contributed by atoms with Crippen molar-refractivity contribution in [2.24, 2.45) is 11.8 Å². The monoisotopic (exact) mass is 247 g/mol. The van der Waals surface area contributed by atoms with Gasteiger partial charge in [-0.1, -0.05) is 13.8 Å². The lowest BCUT2D eigenvalue weighted by Crippen LogP contribution is -2.42. The molecular weight excluding hydrogens is 226 g/mol. The maximum Gasteiger partial charge on any atom is 0.253 e. The molecule has 0 spiro atoms. The molecule has 98 valence electrons.